The van der Waals surface area contributed by atoms with E-state index in [1.165, 1.54) is 24.3 Å². The Morgan fingerprint density at radius 3 is 2.14 bits per heavy atom. The van der Waals surface area contributed by atoms with E-state index in [1.807, 2.05) is 0 Å². The lowest BCUT2D eigenvalue weighted by Gasteiger charge is -2.55. The average molecular weight is 305 g/mol. The quantitative estimate of drug-likeness (QED) is 0.898. The topological polar surface area (TPSA) is 66.4 Å². The molecule has 3 rings (SSSR count). The molecule has 2 aliphatic rings. The van der Waals surface area contributed by atoms with Crippen LogP contribution in [0.2, 0.25) is 0 Å². The lowest BCUT2D eigenvalue weighted by molar-refractivity contribution is -0.165. The van der Waals surface area contributed by atoms with Gasteiger partial charge in [-0.15, -0.1) is 0 Å². The van der Waals surface area contributed by atoms with Crippen LogP contribution in [0.1, 0.15) is 49.9 Å². The van der Waals surface area contributed by atoms with Gasteiger partial charge in [0.2, 0.25) is 0 Å². The fourth-order valence-electron chi connectivity index (χ4n) is 4.06. The predicted octanol–water partition coefficient (Wildman–Crippen LogP) is 2.98. The van der Waals surface area contributed by atoms with Crippen LogP contribution in [0.15, 0.2) is 24.3 Å². The zero-order valence-corrected chi connectivity index (χ0v) is 12.8. The van der Waals surface area contributed by atoms with Gasteiger partial charge in [-0.25, -0.2) is 4.39 Å². The molecule has 5 heteroatoms. The number of carboxylic acids is 1. The van der Waals surface area contributed by atoms with Crippen LogP contribution < -0.4 is 5.32 Å². The fraction of sp³-hybridized carbons (Fsp3) is 0.529. The molecule has 0 bridgehead atoms. The summed E-state index contributed by atoms with van der Waals surface area (Å²) in [5.74, 6) is -1.37. The van der Waals surface area contributed by atoms with Crippen LogP contribution in [0.4, 0.5) is 4.39 Å². The van der Waals surface area contributed by atoms with Gasteiger partial charge in [-0.3, -0.25) is 9.59 Å². The number of aliphatic carboxylic acids is 1. The minimum absolute atomic E-state index is 0.185. The van der Waals surface area contributed by atoms with E-state index < -0.39 is 11.4 Å². The van der Waals surface area contributed by atoms with Gasteiger partial charge in [0.05, 0.1) is 5.41 Å². The third-order valence-electron chi connectivity index (χ3n) is 5.44. The Hall–Kier alpha value is -1.91. The van der Waals surface area contributed by atoms with Crippen molar-refractivity contribution in [2.45, 2.75) is 45.1 Å². The summed E-state index contributed by atoms with van der Waals surface area (Å²) in [6.45, 7) is 3.81. The Kier molecular flexibility index (Phi) is 3.10. The number of halogens is 1. The van der Waals surface area contributed by atoms with Crippen molar-refractivity contribution in [2.75, 3.05) is 0 Å². The largest absolute Gasteiger partial charge is 0.481 e. The van der Waals surface area contributed by atoms with Crippen molar-refractivity contribution < 1.29 is 19.1 Å². The molecule has 2 fully saturated rings. The standard InChI is InChI=1S/C17H20FNO3/c1-15(14(21)22)9-16(2,10-15)17(7-8-17)19-13(20)11-3-5-12(18)6-4-11/h3-6H,7-10H2,1-2H3,(H,19,20)(H,21,22). The molecule has 0 radical (unpaired) electrons. The second-order valence-electron chi connectivity index (χ2n) is 7.32. The second kappa shape index (κ2) is 4.54. The van der Waals surface area contributed by atoms with E-state index in [2.05, 4.69) is 12.2 Å². The highest BCUT2D eigenvalue weighted by Gasteiger charge is 2.67. The lowest BCUT2D eigenvalue weighted by Crippen LogP contribution is -2.60. The SMILES string of the molecule is CC1(C(=O)O)CC(C)(C2(NC(=O)c3ccc(F)cc3)CC2)C1. The summed E-state index contributed by atoms with van der Waals surface area (Å²) in [6.07, 6.45) is 2.87. The van der Waals surface area contributed by atoms with Gasteiger partial charge in [0.1, 0.15) is 5.82 Å². The Labute approximate surface area is 128 Å². The number of carboxylic acid groups (broad SMARTS) is 1. The molecule has 0 aliphatic heterocycles. The van der Waals surface area contributed by atoms with Crippen molar-refractivity contribution in [3.63, 3.8) is 0 Å². The Balaban J connectivity index is 1.71. The number of hydrogen-bond donors (Lipinski definition) is 2. The number of rotatable bonds is 4. The number of nitrogens with one attached hydrogen (secondary N) is 1. The molecular weight excluding hydrogens is 285 g/mol. The molecule has 1 aromatic carbocycles. The molecule has 0 spiro atoms. The van der Waals surface area contributed by atoms with Crippen molar-refractivity contribution in [3.05, 3.63) is 35.6 Å². The first kappa shape index (κ1) is 15.0. The third kappa shape index (κ3) is 2.19. The van der Waals surface area contributed by atoms with Crippen LogP contribution in [0, 0.1) is 16.6 Å². The molecule has 0 aromatic heterocycles. The van der Waals surface area contributed by atoms with E-state index in [4.69, 9.17) is 0 Å². The zero-order valence-electron chi connectivity index (χ0n) is 12.8. The molecule has 1 aromatic rings. The van der Waals surface area contributed by atoms with Crippen molar-refractivity contribution in [1.82, 2.24) is 5.32 Å². The highest BCUT2D eigenvalue weighted by molar-refractivity contribution is 5.95. The van der Waals surface area contributed by atoms with Crippen molar-refractivity contribution in [3.8, 4) is 0 Å². The first-order valence-electron chi connectivity index (χ1n) is 7.51. The van der Waals surface area contributed by atoms with Gasteiger partial charge in [0.25, 0.3) is 5.91 Å². The van der Waals surface area contributed by atoms with Gasteiger partial charge in [0, 0.05) is 11.1 Å². The summed E-state index contributed by atoms with van der Waals surface area (Å²) in [7, 11) is 0. The van der Waals surface area contributed by atoms with E-state index >= 15 is 0 Å². The lowest BCUT2D eigenvalue weighted by atomic mass is 9.50. The first-order chi connectivity index (χ1) is 10.2. The van der Waals surface area contributed by atoms with Crippen molar-refractivity contribution >= 4 is 11.9 Å². The van der Waals surface area contributed by atoms with E-state index in [0.29, 0.717) is 18.4 Å². The molecule has 22 heavy (non-hydrogen) atoms. The highest BCUT2D eigenvalue weighted by atomic mass is 19.1. The van der Waals surface area contributed by atoms with Crippen molar-refractivity contribution in [1.29, 1.82) is 0 Å². The fourth-order valence-corrected chi connectivity index (χ4v) is 4.06. The van der Waals surface area contributed by atoms with Gasteiger partial charge < -0.3 is 10.4 Å². The van der Waals surface area contributed by atoms with Gasteiger partial charge in [-0.1, -0.05) is 6.92 Å². The molecule has 2 aliphatic carbocycles. The number of carbonyl (C=O) groups excluding carboxylic acids is 1. The van der Waals surface area contributed by atoms with Gasteiger partial charge in [-0.05, 0) is 62.3 Å². The number of hydrogen-bond acceptors (Lipinski definition) is 2. The maximum atomic E-state index is 12.9. The monoisotopic (exact) mass is 305 g/mol. The zero-order chi connectivity index (χ0) is 16.2. The summed E-state index contributed by atoms with van der Waals surface area (Å²) in [4.78, 5) is 23.6. The Morgan fingerprint density at radius 1 is 1.14 bits per heavy atom. The molecular formula is C17H20FNO3. The highest BCUT2D eigenvalue weighted by Crippen LogP contribution is 2.66. The summed E-state index contributed by atoms with van der Waals surface area (Å²) in [6, 6.07) is 5.46. The maximum absolute atomic E-state index is 12.9. The maximum Gasteiger partial charge on any atom is 0.309 e. The number of benzene rings is 1. The van der Waals surface area contributed by atoms with Crippen molar-refractivity contribution in [2.24, 2.45) is 10.8 Å². The summed E-state index contributed by atoms with van der Waals surface area (Å²) in [5.41, 5.74) is -0.759. The first-order valence-corrected chi connectivity index (χ1v) is 7.51. The van der Waals surface area contributed by atoms with Gasteiger partial charge >= 0.3 is 5.97 Å². The summed E-state index contributed by atoms with van der Waals surface area (Å²) in [5, 5.41) is 12.3. The molecule has 4 nitrogen and oxygen atoms in total. The van der Waals surface area contributed by atoms with Crippen LogP contribution in [0.3, 0.4) is 0 Å². The summed E-state index contributed by atoms with van der Waals surface area (Å²) >= 11 is 0. The van der Waals surface area contributed by atoms with Gasteiger partial charge in [0.15, 0.2) is 0 Å². The van der Waals surface area contributed by atoms with Crippen LogP contribution in [-0.4, -0.2) is 22.5 Å². The van der Waals surface area contributed by atoms with Crippen LogP contribution in [-0.2, 0) is 4.79 Å². The molecule has 0 unspecified atom stereocenters. The molecule has 118 valence electrons. The second-order valence-corrected chi connectivity index (χ2v) is 7.32. The van der Waals surface area contributed by atoms with E-state index in [1.54, 1.807) is 6.92 Å². The minimum Gasteiger partial charge on any atom is -0.481 e. The minimum atomic E-state index is -0.773. The molecule has 1 amide bonds. The normalized spacial score (nSPS) is 32.0. The molecule has 2 saturated carbocycles. The van der Waals surface area contributed by atoms with Gasteiger partial charge in [-0.2, -0.15) is 0 Å². The van der Waals surface area contributed by atoms with Crippen LogP contribution in [0.5, 0.6) is 0 Å². The number of amides is 1. The van der Waals surface area contributed by atoms with Crippen LogP contribution >= 0.6 is 0 Å². The third-order valence-corrected chi connectivity index (χ3v) is 5.44. The average Bonchev–Trinajstić information content (AvgIpc) is 3.18. The predicted molar refractivity (Wildman–Crippen MR) is 78.9 cm³/mol. The molecule has 2 N–H and O–H groups in total. The van der Waals surface area contributed by atoms with E-state index in [-0.39, 0.29) is 22.7 Å². The smallest absolute Gasteiger partial charge is 0.309 e. The Bertz CT molecular complexity index is 628. The van der Waals surface area contributed by atoms with E-state index in [0.717, 1.165) is 12.8 Å². The summed E-state index contributed by atoms with van der Waals surface area (Å²) < 4.78 is 12.9. The molecule has 0 atom stereocenters. The Morgan fingerprint density at radius 2 is 1.68 bits per heavy atom. The molecule has 0 heterocycles. The van der Waals surface area contributed by atoms with E-state index in [9.17, 15) is 19.1 Å². The van der Waals surface area contributed by atoms with Crippen LogP contribution in [0.25, 0.3) is 0 Å². The number of carbonyl (C=O) groups is 2. The molecule has 0 saturated heterocycles.